The van der Waals surface area contributed by atoms with E-state index in [0.29, 0.717) is 12.1 Å². The first kappa shape index (κ1) is 14.2. The molecule has 0 aliphatic rings. The van der Waals surface area contributed by atoms with E-state index in [0.717, 1.165) is 28.5 Å². The van der Waals surface area contributed by atoms with Gasteiger partial charge in [0.2, 0.25) is 0 Å². The number of nitrogens with two attached hydrogens (primary N) is 1. The second kappa shape index (κ2) is 5.40. The molecule has 0 saturated heterocycles. The minimum Gasteiger partial charge on any atom is -0.399 e. The molecular weight excluding hydrogens is 269 g/mol. The number of rotatable bonds is 3. The van der Waals surface area contributed by atoms with E-state index in [9.17, 15) is 18.0 Å². The molecule has 20 heavy (non-hydrogen) atoms. The molecule has 0 radical (unpaired) electrons. The van der Waals surface area contributed by atoms with Crippen molar-refractivity contribution in [2.75, 3.05) is 5.73 Å². The molecule has 1 heterocycles. The number of anilines is 1. The summed E-state index contributed by atoms with van der Waals surface area (Å²) in [4.78, 5) is 11.5. The number of hydrogen-bond acceptors (Lipinski definition) is 2. The van der Waals surface area contributed by atoms with Gasteiger partial charge in [0.05, 0.1) is 5.56 Å². The normalized spacial score (nSPS) is 11.6. The highest BCUT2D eigenvalue weighted by Crippen LogP contribution is 2.28. The molecule has 0 aliphatic heterocycles. The number of alkyl halides is 3. The molecule has 2 rings (SSSR count). The Balaban J connectivity index is 2.17. The lowest BCUT2D eigenvalue weighted by atomic mass is 10.1. The first-order valence-corrected chi connectivity index (χ1v) is 5.98. The molecule has 0 amide bonds. The standard InChI is InChI=1S/C14H13F3N2O/c15-14(16,17)11-3-6-13(20)19(9-11)8-7-10-1-4-12(18)5-2-10/h1-6,9H,7-8,18H2. The molecule has 0 spiro atoms. The van der Waals surface area contributed by atoms with Crippen LogP contribution in [0.1, 0.15) is 11.1 Å². The highest BCUT2D eigenvalue weighted by molar-refractivity contribution is 5.39. The summed E-state index contributed by atoms with van der Waals surface area (Å²) < 4.78 is 38.8. The van der Waals surface area contributed by atoms with Gasteiger partial charge in [-0.25, -0.2) is 0 Å². The Morgan fingerprint density at radius 3 is 2.30 bits per heavy atom. The minimum absolute atomic E-state index is 0.187. The molecule has 0 fully saturated rings. The highest BCUT2D eigenvalue weighted by Gasteiger charge is 2.30. The van der Waals surface area contributed by atoms with Crippen LogP contribution in [0.5, 0.6) is 0 Å². The monoisotopic (exact) mass is 282 g/mol. The molecule has 0 atom stereocenters. The Labute approximate surface area is 113 Å². The maximum atomic E-state index is 12.6. The van der Waals surface area contributed by atoms with Gasteiger partial charge in [-0.2, -0.15) is 13.2 Å². The molecule has 1 aromatic heterocycles. The van der Waals surface area contributed by atoms with Crippen LogP contribution in [-0.2, 0) is 19.1 Å². The summed E-state index contributed by atoms with van der Waals surface area (Å²) in [7, 11) is 0. The van der Waals surface area contributed by atoms with E-state index < -0.39 is 17.3 Å². The van der Waals surface area contributed by atoms with Crippen molar-refractivity contribution < 1.29 is 13.2 Å². The zero-order chi connectivity index (χ0) is 14.8. The van der Waals surface area contributed by atoms with Crippen molar-refractivity contribution in [2.24, 2.45) is 0 Å². The van der Waals surface area contributed by atoms with Crippen LogP contribution in [0.2, 0.25) is 0 Å². The zero-order valence-electron chi connectivity index (χ0n) is 10.5. The third kappa shape index (κ3) is 3.40. The topological polar surface area (TPSA) is 48.0 Å². The van der Waals surface area contributed by atoms with Crippen LogP contribution < -0.4 is 11.3 Å². The van der Waals surface area contributed by atoms with Crippen molar-refractivity contribution in [1.82, 2.24) is 4.57 Å². The lowest BCUT2D eigenvalue weighted by Crippen LogP contribution is -2.22. The summed E-state index contributed by atoms with van der Waals surface area (Å²) in [5, 5.41) is 0. The number of aromatic nitrogens is 1. The number of nitrogen functional groups attached to an aromatic ring is 1. The van der Waals surface area contributed by atoms with Gasteiger partial charge in [-0.3, -0.25) is 4.79 Å². The summed E-state index contributed by atoms with van der Waals surface area (Å²) in [5.41, 5.74) is 5.79. The number of hydrogen-bond donors (Lipinski definition) is 1. The quantitative estimate of drug-likeness (QED) is 0.880. The molecular formula is C14H13F3N2O. The Bertz CT molecular complexity index is 645. The Morgan fingerprint density at radius 1 is 1.05 bits per heavy atom. The minimum atomic E-state index is -4.45. The van der Waals surface area contributed by atoms with Crippen LogP contribution >= 0.6 is 0 Å². The van der Waals surface area contributed by atoms with E-state index >= 15 is 0 Å². The number of benzene rings is 1. The first-order valence-electron chi connectivity index (χ1n) is 5.98. The van der Waals surface area contributed by atoms with Gasteiger partial charge in [0.15, 0.2) is 0 Å². The smallest absolute Gasteiger partial charge is 0.399 e. The molecule has 0 unspecified atom stereocenters. The van der Waals surface area contributed by atoms with Gasteiger partial charge in [-0.05, 0) is 30.2 Å². The largest absolute Gasteiger partial charge is 0.417 e. The lowest BCUT2D eigenvalue weighted by molar-refractivity contribution is -0.138. The maximum Gasteiger partial charge on any atom is 0.417 e. The van der Waals surface area contributed by atoms with Gasteiger partial charge in [0.1, 0.15) is 0 Å². The summed E-state index contributed by atoms with van der Waals surface area (Å²) in [5.74, 6) is 0. The number of pyridine rings is 1. The average Bonchev–Trinajstić information content (AvgIpc) is 2.38. The van der Waals surface area contributed by atoms with E-state index in [1.807, 2.05) is 0 Å². The summed E-state index contributed by atoms with van der Waals surface area (Å²) in [6, 6.07) is 8.73. The van der Waals surface area contributed by atoms with Crippen LogP contribution in [-0.4, -0.2) is 4.57 Å². The Kier molecular flexibility index (Phi) is 3.83. The molecule has 1 aromatic carbocycles. The van der Waals surface area contributed by atoms with E-state index in [1.165, 1.54) is 0 Å². The van der Waals surface area contributed by atoms with Crippen LogP contribution in [0.4, 0.5) is 18.9 Å². The fourth-order valence-electron chi connectivity index (χ4n) is 1.81. The van der Waals surface area contributed by atoms with Crippen LogP contribution in [0.15, 0.2) is 47.4 Å². The number of nitrogens with zero attached hydrogens (tertiary/aromatic N) is 1. The third-order valence-electron chi connectivity index (χ3n) is 2.93. The molecule has 2 aromatic rings. The van der Waals surface area contributed by atoms with Crippen molar-refractivity contribution in [3.05, 3.63) is 64.1 Å². The molecule has 0 saturated carbocycles. The summed E-state index contributed by atoms with van der Waals surface area (Å²) >= 11 is 0. The first-order chi connectivity index (χ1) is 9.36. The molecule has 2 N–H and O–H groups in total. The SMILES string of the molecule is Nc1ccc(CCn2cc(C(F)(F)F)ccc2=O)cc1. The van der Waals surface area contributed by atoms with Crippen molar-refractivity contribution >= 4 is 5.69 Å². The third-order valence-corrected chi connectivity index (χ3v) is 2.93. The summed E-state index contributed by atoms with van der Waals surface area (Å²) in [6.45, 7) is 0.187. The van der Waals surface area contributed by atoms with Gasteiger partial charge in [0, 0.05) is 24.5 Å². The highest BCUT2D eigenvalue weighted by atomic mass is 19.4. The molecule has 0 aliphatic carbocycles. The van der Waals surface area contributed by atoms with Crippen molar-refractivity contribution in [1.29, 1.82) is 0 Å². The maximum absolute atomic E-state index is 12.6. The van der Waals surface area contributed by atoms with Gasteiger partial charge in [-0.15, -0.1) is 0 Å². The van der Waals surface area contributed by atoms with Gasteiger partial charge < -0.3 is 10.3 Å². The Morgan fingerprint density at radius 2 is 1.70 bits per heavy atom. The van der Waals surface area contributed by atoms with Gasteiger partial charge in [-0.1, -0.05) is 12.1 Å². The van der Waals surface area contributed by atoms with Gasteiger partial charge >= 0.3 is 6.18 Å². The van der Waals surface area contributed by atoms with E-state index in [2.05, 4.69) is 0 Å². The summed E-state index contributed by atoms with van der Waals surface area (Å²) in [6.07, 6.45) is -3.14. The van der Waals surface area contributed by atoms with Crippen LogP contribution in [0.3, 0.4) is 0 Å². The number of aryl methyl sites for hydroxylation is 2. The fraction of sp³-hybridized carbons (Fsp3) is 0.214. The second-order valence-electron chi connectivity index (χ2n) is 4.44. The molecule has 0 bridgehead atoms. The number of halogens is 3. The second-order valence-corrected chi connectivity index (χ2v) is 4.44. The molecule has 106 valence electrons. The molecule has 6 heteroatoms. The lowest BCUT2D eigenvalue weighted by Gasteiger charge is -2.10. The molecule has 3 nitrogen and oxygen atoms in total. The van der Waals surface area contributed by atoms with Crippen molar-refractivity contribution in [3.63, 3.8) is 0 Å². The van der Waals surface area contributed by atoms with Gasteiger partial charge in [0.25, 0.3) is 5.56 Å². The predicted molar refractivity (Wildman–Crippen MR) is 70.3 cm³/mol. The fourth-order valence-corrected chi connectivity index (χ4v) is 1.81. The van der Waals surface area contributed by atoms with Crippen LogP contribution in [0.25, 0.3) is 0 Å². The van der Waals surface area contributed by atoms with Crippen LogP contribution in [0, 0.1) is 0 Å². The van der Waals surface area contributed by atoms with E-state index in [4.69, 9.17) is 5.73 Å². The van der Waals surface area contributed by atoms with E-state index in [1.54, 1.807) is 24.3 Å². The van der Waals surface area contributed by atoms with Crippen molar-refractivity contribution in [2.45, 2.75) is 19.1 Å². The van der Waals surface area contributed by atoms with E-state index in [-0.39, 0.29) is 6.54 Å². The predicted octanol–water partition coefficient (Wildman–Crippen LogP) is 2.69. The average molecular weight is 282 g/mol. The Hall–Kier alpha value is -2.24. The van der Waals surface area contributed by atoms with Crippen molar-refractivity contribution in [3.8, 4) is 0 Å². The zero-order valence-corrected chi connectivity index (χ0v) is 10.5.